The highest BCUT2D eigenvalue weighted by Gasteiger charge is 2.15. The molecule has 0 radical (unpaired) electrons. The molecule has 0 saturated heterocycles. The highest BCUT2D eigenvalue weighted by molar-refractivity contribution is 7.15. The van der Waals surface area contributed by atoms with Crippen molar-refractivity contribution in [3.63, 3.8) is 0 Å². The maximum absolute atomic E-state index is 11.9. The van der Waals surface area contributed by atoms with Crippen molar-refractivity contribution in [2.24, 2.45) is 5.73 Å². The number of anilines is 1. The van der Waals surface area contributed by atoms with Crippen molar-refractivity contribution in [1.29, 1.82) is 0 Å². The third-order valence-electron chi connectivity index (χ3n) is 2.63. The van der Waals surface area contributed by atoms with E-state index in [1.807, 2.05) is 37.3 Å². The van der Waals surface area contributed by atoms with Crippen molar-refractivity contribution in [3.05, 3.63) is 40.9 Å². The Bertz CT molecular complexity index is 546. The number of nitrogens with two attached hydrogens (primary N) is 1. The highest BCUT2D eigenvalue weighted by atomic mass is 35.5. The summed E-state index contributed by atoms with van der Waals surface area (Å²) >= 11 is 1.38. The monoisotopic (exact) mass is 312 g/mol. The molecule has 7 heteroatoms. The quantitative estimate of drug-likeness (QED) is 0.885. The maximum Gasteiger partial charge on any atom is 0.243 e. The molecule has 0 bridgehead atoms. The minimum absolute atomic E-state index is 0. The molecule has 3 N–H and O–H groups in total. The van der Waals surface area contributed by atoms with E-state index in [-0.39, 0.29) is 18.3 Å². The van der Waals surface area contributed by atoms with Crippen LogP contribution in [0.3, 0.4) is 0 Å². The van der Waals surface area contributed by atoms with Gasteiger partial charge in [0.05, 0.1) is 6.04 Å². The number of carbonyl (C=O) groups excluding carboxylic acids is 1. The molecule has 1 aromatic carbocycles. The molecule has 0 saturated carbocycles. The summed E-state index contributed by atoms with van der Waals surface area (Å²) < 4.78 is 0. The third kappa shape index (κ3) is 4.56. The summed E-state index contributed by atoms with van der Waals surface area (Å²) in [5, 5.41) is 11.9. The number of aromatic nitrogens is 2. The number of halogens is 1. The zero-order valence-electron chi connectivity index (χ0n) is 11.1. The number of amides is 1. The Morgan fingerprint density at radius 3 is 2.65 bits per heavy atom. The van der Waals surface area contributed by atoms with E-state index in [1.54, 1.807) is 0 Å². The first-order chi connectivity index (χ1) is 9.19. The number of hydrogen-bond donors (Lipinski definition) is 2. The van der Waals surface area contributed by atoms with Crippen LogP contribution in [0, 0.1) is 0 Å². The van der Waals surface area contributed by atoms with Crippen LogP contribution in [-0.2, 0) is 17.6 Å². The van der Waals surface area contributed by atoms with Crippen LogP contribution in [0.2, 0.25) is 0 Å². The Labute approximate surface area is 128 Å². The van der Waals surface area contributed by atoms with Gasteiger partial charge in [-0.15, -0.1) is 22.6 Å². The summed E-state index contributed by atoms with van der Waals surface area (Å²) in [6.45, 7) is 1.99. The number of aryl methyl sites for hydroxylation is 1. The Morgan fingerprint density at radius 2 is 2.05 bits per heavy atom. The zero-order valence-corrected chi connectivity index (χ0v) is 12.7. The number of nitrogens with zero attached hydrogens (tertiary/aromatic N) is 2. The fraction of sp³-hybridized carbons (Fsp3) is 0.308. The summed E-state index contributed by atoms with van der Waals surface area (Å²) in [6.07, 6.45) is 1.32. The van der Waals surface area contributed by atoms with Crippen LogP contribution in [-0.4, -0.2) is 22.1 Å². The second-order valence-corrected chi connectivity index (χ2v) is 5.20. The predicted molar refractivity (Wildman–Crippen MR) is 83.3 cm³/mol. The van der Waals surface area contributed by atoms with E-state index in [4.69, 9.17) is 5.73 Å². The summed E-state index contributed by atoms with van der Waals surface area (Å²) in [7, 11) is 0. The van der Waals surface area contributed by atoms with Crippen LogP contribution >= 0.6 is 23.7 Å². The predicted octanol–water partition coefficient (Wildman–Crippen LogP) is 2.03. The minimum Gasteiger partial charge on any atom is -0.320 e. The molecule has 5 nitrogen and oxygen atoms in total. The largest absolute Gasteiger partial charge is 0.320 e. The lowest BCUT2D eigenvalue weighted by molar-refractivity contribution is -0.117. The molecular weight excluding hydrogens is 296 g/mol. The van der Waals surface area contributed by atoms with E-state index < -0.39 is 6.04 Å². The van der Waals surface area contributed by atoms with Gasteiger partial charge in [0.2, 0.25) is 11.0 Å². The van der Waals surface area contributed by atoms with E-state index in [0.29, 0.717) is 11.6 Å². The van der Waals surface area contributed by atoms with Crippen molar-refractivity contribution >= 4 is 34.8 Å². The average molecular weight is 313 g/mol. The molecule has 108 valence electrons. The number of hydrogen-bond acceptors (Lipinski definition) is 5. The molecule has 0 aliphatic heterocycles. The van der Waals surface area contributed by atoms with Gasteiger partial charge >= 0.3 is 0 Å². The van der Waals surface area contributed by atoms with Crippen LogP contribution in [0.1, 0.15) is 17.5 Å². The van der Waals surface area contributed by atoms with E-state index in [1.165, 1.54) is 11.3 Å². The zero-order chi connectivity index (χ0) is 13.7. The van der Waals surface area contributed by atoms with Crippen molar-refractivity contribution in [1.82, 2.24) is 10.2 Å². The van der Waals surface area contributed by atoms with Gasteiger partial charge in [0.25, 0.3) is 0 Å². The molecule has 1 unspecified atom stereocenters. The smallest absolute Gasteiger partial charge is 0.243 e. The lowest BCUT2D eigenvalue weighted by Gasteiger charge is -2.10. The SMILES string of the molecule is CCc1nnc(NC(=O)C(N)Cc2ccccc2)s1.Cl. The molecule has 20 heavy (non-hydrogen) atoms. The Kier molecular flexibility index (Phi) is 6.57. The van der Waals surface area contributed by atoms with Gasteiger partial charge in [0.15, 0.2) is 0 Å². The Morgan fingerprint density at radius 1 is 1.35 bits per heavy atom. The molecule has 1 aromatic heterocycles. The van der Waals surface area contributed by atoms with Crippen molar-refractivity contribution in [2.75, 3.05) is 5.32 Å². The van der Waals surface area contributed by atoms with E-state index in [9.17, 15) is 4.79 Å². The minimum atomic E-state index is -0.587. The van der Waals surface area contributed by atoms with Gasteiger partial charge < -0.3 is 5.73 Å². The first kappa shape index (κ1) is 16.6. The van der Waals surface area contributed by atoms with Gasteiger partial charge in [-0.25, -0.2) is 0 Å². The summed E-state index contributed by atoms with van der Waals surface area (Å²) in [5.74, 6) is -0.234. The molecule has 1 atom stereocenters. The van der Waals surface area contributed by atoms with Crippen LogP contribution in [0.4, 0.5) is 5.13 Å². The van der Waals surface area contributed by atoms with E-state index >= 15 is 0 Å². The van der Waals surface area contributed by atoms with Crippen LogP contribution in [0.15, 0.2) is 30.3 Å². The highest BCUT2D eigenvalue weighted by Crippen LogP contribution is 2.15. The van der Waals surface area contributed by atoms with Crippen molar-refractivity contribution in [2.45, 2.75) is 25.8 Å². The average Bonchev–Trinajstić information content (AvgIpc) is 2.87. The molecule has 0 spiro atoms. The molecule has 1 amide bonds. The molecule has 0 aliphatic rings. The summed E-state index contributed by atoms with van der Waals surface area (Å²) in [5.41, 5.74) is 6.92. The lowest BCUT2D eigenvalue weighted by Crippen LogP contribution is -2.37. The normalized spacial score (nSPS) is 11.5. The first-order valence-corrected chi connectivity index (χ1v) is 6.93. The second-order valence-electron chi connectivity index (χ2n) is 4.14. The van der Waals surface area contributed by atoms with Gasteiger partial charge in [0.1, 0.15) is 5.01 Å². The Balaban J connectivity index is 0.00000200. The van der Waals surface area contributed by atoms with Crippen LogP contribution in [0.25, 0.3) is 0 Å². The first-order valence-electron chi connectivity index (χ1n) is 6.11. The second kappa shape index (κ2) is 7.94. The fourth-order valence-corrected chi connectivity index (χ4v) is 2.29. The number of rotatable bonds is 5. The fourth-order valence-electron chi connectivity index (χ4n) is 1.61. The maximum atomic E-state index is 11.9. The molecule has 2 rings (SSSR count). The number of benzene rings is 1. The molecule has 2 aromatic rings. The summed E-state index contributed by atoms with van der Waals surface area (Å²) in [4.78, 5) is 11.9. The standard InChI is InChI=1S/C13H16N4OS.ClH/c1-2-11-16-17-13(19-11)15-12(18)10(14)8-9-6-4-3-5-7-9;/h3-7,10H,2,8,14H2,1H3,(H,15,17,18);1H. The van der Waals surface area contributed by atoms with Crippen molar-refractivity contribution < 1.29 is 4.79 Å². The third-order valence-corrected chi connectivity index (χ3v) is 3.62. The number of nitrogens with one attached hydrogen (secondary N) is 1. The topological polar surface area (TPSA) is 80.9 Å². The lowest BCUT2D eigenvalue weighted by atomic mass is 10.1. The van der Waals surface area contributed by atoms with Gasteiger partial charge in [-0.1, -0.05) is 48.6 Å². The van der Waals surface area contributed by atoms with Gasteiger partial charge in [-0.2, -0.15) is 0 Å². The van der Waals surface area contributed by atoms with Gasteiger partial charge in [-0.3, -0.25) is 10.1 Å². The molecular formula is C13H17ClN4OS. The molecule has 0 aliphatic carbocycles. The van der Waals surface area contributed by atoms with Crippen molar-refractivity contribution in [3.8, 4) is 0 Å². The van der Waals surface area contributed by atoms with Gasteiger partial charge in [-0.05, 0) is 18.4 Å². The Hall–Kier alpha value is -1.50. The van der Waals surface area contributed by atoms with Crippen LogP contribution < -0.4 is 11.1 Å². The molecule has 1 heterocycles. The summed E-state index contributed by atoms with van der Waals surface area (Å²) in [6, 6.07) is 9.11. The van der Waals surface area contributed by atoms with E-state index in [2.05, 4.69) is 15.5 Å². The molecule has 0 fully saturated rings. The van der Waals surface area contributed by atoms with E-state index in [0.717, 1.165) is 17.0 Å². The van der Waals surface area contributed by atoms with Crippen LogP contribution in [0.5, 0.6) is 0 Å². The van der Waals surface area contributed by atoms with Gasteiger partial charge in [0, 0.05) is 0 Å². The number of carbonyl (C=O) groups is 1.